The van der Waals surface area contributed by atoms with Gasteiger partial charge in [0.25, 0.3) is 0 Å². The van der Waals surface area contributed by atoms with Gasteiger partial charge in [0.15, 0.2) is 0 Å². The van der Waals surface area contributed by atoms with Gasteiger partial charge < -0.3 is 5.11 Å². The highest BCUT2D eigenvalue weighted by atomic mass is 16.3. The predicted octanol–water partition coefficient (Wildman–Crippen LogP) is 4.07. The molecule has 0 spiro atoms. The molecule has 2 aliphatic rings. The van der Waals surface area contributed by atoms with E-state index in [2.05, 4.69) is 23.6 Å². The smallest absolute Gasteiger partial charge is 0.115 e. The van der Waals surface area contributed by atoms with Gasteiger partial charge >= 0.3 is 0 Å². The Labute approximate surface area is 127 Å². The fourth-order valence-corrected chi connectivity index (χ4v) is 3.83. The number of aromatic hydroxyl groups is 1. The number of phenolic OH excluding ortho intramolecular Hbond substituents is 1. The molecule has 1 N–H and O–H groups in total. The minimum Gasteiger partial charge on any atom is -0.508 e. The second-order valence-electron chi connectivity index (χ2n) is 6.26. The zero-order chi connectivity index (χ0) is 14.7. The van der Waals surface area contributed by atoms with Gasteiger partial charge in [-0.1, -0.05) is 29.4 Å². The van der Waals surface area contributed by atoms with Crippen LogP contribution in [0, 0.1) is 0 Å². The van der Waals surface area contributed by atoms with Gasteiger partial charge in [-0.3, -0.25) is 4.90 Å². The minimum atomic E-state index is 0.350. The Kier molecular flexibility index (Phi) is 4.45. The summed E-state index contributed by atoms with van der Waals surface area (Å²) in [6.07, 6.45) is 9.61. The van der Waals surface area contributed by atoms with E-state index in [1.165, 1.54) is 37.7 Å². The first-order chi connectivity index (χ1) is 10.3. The van der Waals surface area contributed by atoms with Crippen LogP contribution in [-0.2, 0) is 6.42 Å². The van der Waals surface area contributed by atoms with Gasteiger partial charge in [0.1, 0.15) is 5.75 Å². The molecule has 0 bridgehead atoms. The molecule has 1 aliphatic heterocycles. The quantitative estimate of drug-likeness (QED) is 0.842. The van der Waals surface area contributed by atoms with Crippen LogP contribution in [-0.4, -0.2) is 29.1 Å². The van der Waals surface area contributed by atoms with Crippen LogP contribution in [0.5, 0.6) is 5.75 Å². The Morgan fingerprint density at radius 2 is 1.90 bits per heavy atom. The van der Waals surface area contributed by atoms with Crippen LogP contribution in [0.1, 0.15) is 37.7 Å². The summed E-state index contributed by atoms with van der Waals surface area (Å²) in [6, 6.07) is 8.23. The number of benzene rings is 1. The van der Waals surface area contributed by atoms with E-state index < -0.39 is 0 Å². The van der Waals surface area contributed by atoms with E-state index in [0.717, 1.165) is 19.5 Å². The molecule has 0 aromatic heterocycles. The lowest BCUT2D eigenvalue weighted by atomic mass is 9.80. The Balaban J connectivity index is 1.85. The molecule has 2 heteroatoms. The van der Waals surface area contributed by atoms with Gasteiger partial charge in [0.2, 0.25) is 0 Å². The molecule has 1 aliphatic carbocycles. The molecule has 0 unspecified atom stereocenters. The van der Waals surface area contributed by atoms with Crippen LogP contribution >= 0.6 is 0 Å². The topological polar surface area (TPSA) is 23.5 Å². The maximum absolute atomic E-state index is 9.45. The Morgan fingerprint density at radius 3 is 2.67 bits per heavy atom. The fourth-order valence-electron chi connectivity index (χ4n) is 3.83. The molecule has 0 amide bonds. The molecule has 2 nitrogen and oxygen atoms in total. The van der Waals surface area contributed by atoms with E-state index >= 15 is 0 Å². The van der Waals surface area contributed by atoms with E-state index in [-0.39, 0.29) is 0 Å². The van der Waals surface area contributed by atoms with Crippen molar-refractivity contribution in [1.29, 1.82) is 0 Å². The van der Waals surface area contributed by atoms with Crippen LogP contribution < -0.4 is 0 Å². The second-order valence-corrected chi connectivity index (χ2v) is 6.26. The zero-order valence-electron chi connectivity index (χ0n) is 12.7. The zero-order valence-corrected chi connectivity index (χ0v) is 12.7. The first-order valence-electron chi connectivity index (χ1n) is 8.11. The van der Waals surface area contributed by atoms with Crippen LogP contribution in [0.15, 0.2) is 48.1 Å². The van der Waals surface area contributed by atoms with Crippen molar-refractivity contribution < 1.29 is 5.11 Å². The largest absolute Gasteiger partial charge is 0.508 e. The number of hydrogen-bond acceptors (Lipinski definition) is 2. The lowest BCUT2D eigenvalue weighted by Gasteiger charge is -2.40. The summed E-state index contributed by atoms with van der Waals surface area (Å²) < 4.78 is 0. The molecule has 1 aromatic carbocycles. The first-order valence-corrected chi connectivity index (χ1v) is 8.11. The van der Waals surface area contributed by atoms with E-state index in [4.69, 9.17) is 0 Å². The van der Waals surface area contributed by atoms with Crippen LogP contribution in [0.2, 0.25) is 0 Å². The lowest BCUT2D eigenvalue weighted by molar-refractivity contribution is 0.218. The van der Waals surface area contributed by atoms with Gasteiger partial charge in [0, 0.05) is 19.1 Å². The summed E-state index contributed by atoms with van der Waals surface area (Å²) >= 11 is 0. The van der Waals surface area contributed by atoms with Crippen molar-refractivity contribution in [3.8, 4) is 5.75 Å². The Hall–Kier alpha value is -1.54. The van der Waals surface area contributed by atoms with Gasteiger partial charge in [-0.2, -0.15) is 0 Å². The molecule has 0 saturated carbocycles. The second kappa shape index (κ2) is 6.48. The van der Waals surface area contributed by atoms with Crippen molar-refractivity contribution in [2.75, 3.05) is 13.1 Å². The maximum atomic E-state index is 9.45. The maximum Gasteiger partial charge on any atom is 0.115 e. The molecule has 112 valence electrons. The fraction of sp³-hybridized carbons (Fsp3) is 0.474. The highest BCUT2D eigenvalue weighted by Gasteiger charge is 2.29. The van der Waals surface area contributed by atoms with E-state index in [1.54, 1.807) is 23.3 Å². The third kappa shape index (κ3) is 3.21. The monoisotopic (exact) mass is 283 g/mol. The van der Waals surface area contributed by atoms with E-state index in [9.17, 15) is 5.11 Å². The average Bonchev–Trinajstić information content (AvgIpc) is 2.52. The number of hydrogen-bond donors (Lipinski definition) is 1. The SMILES string of the molecule is C=CCN1CCC2=C(CCCC2)[C@H]1Cc1ccc(O)cc1. The molecule has 1 heterocycles. The van der Waals surface area contributed by atoms with Crippen molar-refractivity contribution >= 4 is 0 Å². The van der Waals surface area contributed by atoms with Crippen LogP contribution in [0.4, 0.5) is 0 Å². The van der Waals surface area contributed by atoms with Crippen molar-refractivity contribution in [2.24, 2.45) is 0 Å². The third-order valence-electron chi connectivity index (χ3n) is 4.90. The molecule has 1 aromatic rings. The summed E-state index contributed by atoms with van der Waals surface area (Å²) in [7, 11) is 0. The molecule has 21 heavy (non-hydrogen) atoms. The summed E-state index contributed by atoms with van der Waals surface area (Å²) in [5, 5.41) is 9.45. The average molecular weight is 283 g/mol. The molecule has 0 saturated heterocycles. The third-order valence-corrected chi connectivity index (χ3v) is 4.90. The van der Waals surface area contributed by atoms with Crippen LogP contribution in [0.3, 0.4) is 0 Å². The standard InChI is InChI=1S/C19H25NO/c1-2-12-20-13-11-16-5-3-4-6-18(16)19(20)14-15-7-9-17(21)10-8-15/h2,7-10,19,21H,1,3-6,11-14H2/t19-/m1/s1. The Morgan fingerprint density at radius 1 is 1.14 bits per heavy atom. The molecule has 3 rings (SSSR count). The molecule has 0 fully saturated rings. The predicted molar refractivity (Wildman–Crippen MR) is 87.5 cm³/mol. The molecule has 0 radical (unpaired) electrons. The summed E-state index contributed by atoms with van der Waals surface area (Å²) in [5.41, 5.74) is 4.74. The minimum absolute atomic E-state index is 0.350. The van der Waals surface area contributed by atoms with Crippen molar-refractivity contribution in [1.82, 2.24) is 4.90 Å². The number of phenols is 1. The highest BCUT2D eigenvalue weighted by molar-refractivity contribution is 5.31. The molecular weight excluding hydrogens is 258 g/mol. The summed E-state index contributed by atoms with van der Waals surface area (Å²) in [5.74, 6) is 0.350. The molecule has 1 atom stereocenters. The van der Waals surface area contributed by atoms with Gasteiger partial charge in [-0.15, -0.1) is 6.58 Å². The molecular formula is C19H25NO. The number of rotatable bonds is 4. The van der Waals surface area contributed by atoms with Gasteiger partial charge in [-0.25, -0.2) is 0 Å². The lowest BCUT2D eigenvalue weighted by Crippen LogP contribution is -2.43. The van der Waals surface area contributed by atoms with Gasteiger partial charge in [-0.05, 0) is 56.2 Å². The van der Waals surface area contributed by atoms with Crippen LogP contribution in [0.25, 0.3) is 0 Å². The first kappa shape index (κ1) is 14.4. The van der Waals surface area contributed by atoms with Gasteiger partial charge in [0.05, 0.1) is 0 Å². The van der Waals surface area contributed by atoms with Crippen molar-refractivity contribution in [3.63, 3.8) is 0 Å². The van der Waals surface area contributed by atoms with Crippen molar-refractivity contribution in [2.45, 2.75) is 44.6 Å². The summed E-state index contributed by atoms with van der Waals surface area (Å²) in [4.78, 5) is 2.57. The normalized spacial score (nSPS) is 23.0. The van der Waals surface area contributed by atoms with Crippen molar-refractivity contribution in [3.05, 3.63) is 53.6 Å². The van der Waals surface area contributed by atoms with E-state index in [0.29, 0.717) is 11.8 Å². The number of nitrogens with zero attached hydrogens (tertiary/aromatic N) is 1. The highest BCUT2D eigenvalue weighted by Crippen LogP contribution is 2.36. The summed E-state index contributed by atoms with van der Waals surface area (Å²) in [6.45, 7) is 6.05. The Bertz CT molecular complexity index is 529. The van der Waals surface area contributed by atoms with E-state index in [1.807, 2.05) is 6.08 Å².